The van der Waals surface area contributed by atoms with Crippen LogP contribution in [0.4, 0.5) is 0 Å². The number of carbonyl (C=O) groups is 1. The number of ether oxygens (including phenoxy) is 2. The van der Waals surface area contributed by atoms with Crippen molar-refractivity contribution < 1.29 is 14.3 Å². The predicted molar refractivity (Wildman–Crippen MR) is 93.0 cm³/mol. The van der Waals surface area contributed by atoms with Gasteiger partial charge in [-0.3, -0.25) is 4.79 Å². The first kappa shape index (κ1) is 17.0. The molecule has 0 atom stereocenters. The quantitative estimate of drug-likeness (QED) is 0.620. The van der Waals surface area contributed by atoms with Crippen molar-refractivity contribution in [2.75, 3.05) is 13.7 Å². The molecule has 0 fully saturated rings. The zero-order valence-electron chi connectivity index (χ0n) is 12.9. The fraction of sp³-hybridized carbons (Fsp3) is 0.176. The predicted octanol–water partition coefficient (Wildman–Crippen LogP) is 3.38. The molecular weight excluding hydrogens is 360 g/mol. The minimum atomic E-state index is -0.342. The van der Waals surface area contributed by atoms with Crippen LogP contribution in [0.25, 0.3) is 0 Å². The van der Waals surface area contributed by atoms with Crippen molar-refractivity contribution in [1.29, 1.82) is 0 Å². The molecule has 6 heteroatoms. The van der Waals surface area contributed by atoms with Crippen molar-refractivity contribution in [1.82, 2.24) is 5.43 Å². The number of nitrogens with one attached hydrogen (secondary N) is 1. The lowest BCUT2D eigenvalue weighted by Gasteiger charge is -2.10. The second kappa shape index (κ2) is 8.33. The van der Waals surface area contributed by atoms with Gasteiger partial charge in [0.1, 0.15) is 0 Å². The Bertz CT molecular complexity index is 702. The van der Waals surface area contributed by atoms with E-state index >= 15 is 0 Å². The standard InChI is InChI=1S/C17H17BrN2O3/c1-12(13-6-4-3-5-7-13)19-20-17(21)11-23-15-9-8-14(18)10-16(15)22-2/h3-10H,11H2,1-2H3,(H,20,21). The van der Waals surface area contributed by atoms with Gasteiger partial charge in [0.05, 0.1) is 12.8 Å². The smallest absolute Gasteiger partial charge is 0.277 e. The van der Waals surface area contributed by atoms with Crippen LogP contribution in [0.2, 0.25) is 0 Å². The largest absolute Gasteiger partial charge is 0.493 e. The van der Waals surface area contributed by atoms with E-state index < -0.39 is 0 Å². The van der Waals surface area contributed by atoms with Gasteiger partial charge in [-0.1, -0.05) is 46.3 Å². The van der Waals surface area contributed by atoms with E-state index in [-0.39, 0.29) is 12.5 Å². The second-order valence-electron chi connectivity index (χ2n) is 4.68. The van der Waals surface area contributed by atoms with Crippen molar-refractivity contribution in [3.8, 4) is 11.5 Å². The highest BCUT2D eigenvalue weighted by Crippen LogP contribution is 2.29. The van der Waals surface area contributed by atoms with Crippen molar-refractivity contribution in [3.05, 3.63) is 58.6 Å². The highest BCUT2D eigenvalue weighted by molar-refractivity contribution is 9.10. The molecule has 0 aliphatic heterocycles. The first-order chi connectivity index (χ1) is 11.1. The molecule has 120 valence electrons. The summed E-state index contributed by atoms with van der Waals surface area (Å²) in [6, 6.07) is 14.9. The van der Waals surface area contributed by atoms with Crippen molar-refractivity contribution in [2.45, 2.75) is 6.92 Å². The number of hydrogen-bond donors (Lipinski definition) is 1. The van der Waals surface area contributed by atoms with Gasteiger partial charge in [-0.25, -0.2) is 5.43 Å². The molecule has 0 saturated heterocycles. The molecule has 0 aromatic heterocycles. The molecule has 0 radical (unpaired) electrons. The number of hydrazone groups is 1. The Kier molecular flexibility index (Phi) is 6.17. The number of rotatable bonds is 6. The summed E-state index contributed by atoms with van der Waals surface area (Å²) in [4.78, 5) is 11.8. The first-order valence-electron chi connectivity index (χ1n) is 6.95. The van der Waals surface area contributed by atoms with Crippen LogP contribution in [0.5, 0.6) is 11.5 Å². The summed E-state index contributed by atoms with van der Waals surface area (Å²) >= 11 is 3.35. The maximum Gasteiger partial charge on any atom is 0.277 e. The van der Waals surface area contributed by atoms with Crippen molar-refractivity contribution in [3.63, 3.8) is 0 Å². The lowest BCUT2D eigenvalue weighted by Crippen LogP contribution is -2.25. The SMILES string of the molecule is COc1cc(Br)ccc1OCC(=O)NN=C(C)c1ccccc1. The Morgan fingerprint density at radius 2 is 1.91 bits per heavy atom. The van der Waals surface area contributed by atoms with Gasteiger partial charge < -0.3 is 9.47 Å². The van der Waals surface area contributed by atoms with Gasteiger partial charge in [0.25, 0.3) is 5.91 Å². The van der Waals surface area contributed by atoms with E-state index in [0.29, 0.717) is 11.5 Å². The summed E-state index contributed by atoms with van der Waals surface area (Å²) in [5.74, 6) is 0.705. The second-order valence-corrected chi connectivity index (χ2v) is 5.60. The Morgan fingerprint density at radius 3 is 2.61 bits per heavy atom. The lowest BCUT2D eigenvalue weighted by atomic mass is 10.1. The zero-order valence-corrected chi connectivity index (χ0v) is 14.5. The Labute approximate surface area is 143 Å². The third kappa shape index (κ3) is 5.10. The summed E-state index contributed by atoms with van der Waals surface area (Å²) in [5, 5.41) is 4.06. The summed E-state index contributed by atoms with van der Waals surface area (Å²) in [6.07, 6.45) is 0. The van der Waals surface area contributed by atoms with Crippen molar-refractivity contribution >= 4 is 27.5 Å². The number of benzene rings is 2. The fourth-order valence-corrected chi connectivity index (χ4v) is 2.17. The number of methoxy groups -OCH3 is 1. The van der Waals surface area contributed by atoms with E-state index in [1.165, 1.54) is 0 Å². The monoisotopic (exact) mass is 376 g/mol. The first-order valence-corrected chi connectivity index (χ1v) is 7.74. The van der Waals surface area contributed by atoms with Crippen LogP contribution >= 0.6 is 15.9 Å². The van der Waals surface area contributed by atoms with Gasteiger partial charge in [-0.2, -0.15) is 5.10 Å². The number of amides is 1. The molecule has 0 saturated carbocycles. The molecule has 0 aliphatic rings. The van der Waals surface area contributed by atoms with E-state index in [9.17, 15) is 4.79 Å². The highest BCUT2D eigenvalue weighted by atomic mass is 79.9. The average Bonchev–Trinajstić information content (AvgIpc) is 2.59. The van der Waals surface area contributed by atoms with E-state index in [1.54, 1.807) is 19.2 Å². The van der Waals surface area contributed by atoms with Crippen molar-refractivity contribution in [2.24, 2.45) is 5.10 Å². The maximum atomic E-state index is 11.8. The zero-order chi connectivity index (χ0) is 16.7. The van der Waals surface area contributed by atoms with Gasteiger partial charge in [0.2, 0.25) is 0 Å². The molecule has 1 N–H and O–H groups in total. The van der Waals surface area contributed by atoms with Gasteiger partial charge >= 0.3 is 0 Å². The van der Waals surface area contributed by atoms with E-state index in [4.69, 9.17) is 9.47 Å². The van der Waals surface area contributed by atoms with Crippen LogP contribution < -0.4 is 14.9 Å². The number of nitrogens with zero attached hydrogens (tertiary/aromatic N) is 1. The molecule has 23 heavy (non-hydrogen) atoms. The minimum Gasteiger partial charge on any atom is -0.493 e. The van der Waals surface area contributed by atoms with Gasteiger partial charge in [-0.15, -0.1) is 0 Å². The molecule has 5 nitrogen and oxygen atoms in total. The number of halogens is 1. The third-order valence-corrected chi connectivity index (χ3v) is 3.52. The molecule has 2 rings (SSSR count). The van der Waals surface area contributed by atoms with Crippen LogP contribution in [0.15, 0.2) is 58.1 Å². The highest BCUT2D eigenvalue weighted by Gasteiger charge is 2.08. The molecular formula is C17H17BrN2O3. The van der Waals surface area contributed by atoms with Crippen LogP contribution in [-0.4, -0.2) is 25.3 Å². The average molecular weight is 377 g/mol. The van der Waals surface area contributed by atoms with E-state index in [2.05, 4.69) is 26.5 Å². The van der Waals surface area contributed by atoms with Crippen LogP contribution in [0.1, 0.15) is 12.5 Å². The van der Waals surface area contributed by atoms with Gasteiger partial charge in [0, 0.05) is 4.47 Å². The molecule has 1 amide bonds. The molecule has 0 unspecified atom stereocenters. The van der Waals surface area contributed by atoms with Crippen LogP contribution in [0, 0.1) is 0 Å². The summed E-state index contributed by atoms with van der Waals surface area (Å²) < 4.78 is 11.5. The molecule has 2 aromatic carbocycles. The van der Waals surface area contributed by atoms with Crippen LogP contribution in [0.3, 0.4) is 0 Å². The normalized spacial score (nSPS) is 11.0. The number of hydrogen-bond acceptors (Lipinski definition) is 4. The third-order valence-electron chi connectivity index (χ3n) is 3.02. The minimum absolute atomic E-state index is 0.149. The fourth-order valence-electron chi connectivity index (χ4n) is 1.83. The molecule has 2 aromatic rings. The summed E-state index contributed by atoms with van der Waals surface area (Å²) in [7, 11) is 1.54. The Hall–Kier alpha value is -2.34. The lowest BCUT2D eigenvalue weighted by molar-refractivity contribution is -0.123. The Morgan fingerprint density at radius 1 is 1.17 bits per heavy atom. The molecule has 0 heterocycles. The number of carbonyl (C=O) groups excluding carboxylic acids is 1. The van der Waals surface area contributed by atoms with Crippen LogP contribution in [-0.2, 0) is 4.79 Å². The Balaban J connectivity index is 1.91. The molecule has 0 aliphatic carbocycles. The summed E-state index contributed by atoms with van der Waals surface area (Å²) in [6.45, 7) is 1.68. The molecule has 0 spiro atoms. The van der Waals surface area contributed by atoms with Gasteiger partial charge in [-0.05, 0) is 30.7 Å². The summed E-state index contributed by atoms with van der Waals surface area (Å²) in [5.41, 5.74) is 4.14. The van der Waals surface area contributed by atoms with E-state index in [1.807, 2.05) is 43.3 Å². The molecule has 0 bridgehead atoms. The van der Waals surface area contributed by atoms with E-state index in [0.717, 1.165) is 15.7 Å². The topological polar surface area (TPSA) is 59.9 Å². The maximum absolute atomic E-state index is 11.8. The van der Waals surface area contributed by atoms with Gasteiger partial charge in [0.15, 0.2) is 18.1 Å².